The van der Waals surface area contributed by atoms with Crippen molar-refractivity contribution in [1.29, 1.82) is 0 Å². The summed E-state index contributed by atoms with van der Waals surface area (Å²) in [4.78, 5) is 10.4. The third-order valence-electron chi connectivity index (χ3n) is 16.7. The van der Waals surface area contributed by atoms with Gasteiger partial charge in [0.2, 0.25) is 0 Å². The average molecular weight is 1060 g/mol. The van der Waals surface area contributed by atoms with Crippen molar-refractivity contribution in [3.63, 3.8) is 0 Å². The number of para-hydroxylation sites is 3. The minimum absolute atomic E-state index is 0.935. The summed E-state index contributed by atoms with van der Waals surface area (Å²) in [6.45, 7) is 0. The second-order valence-corrected chi connectivity index (χ2v) is 21.5. The highest BCUT2D eigenvalue weighted by atomic mass is 15.2. The van der Waals surface area contributed by atoms with E-state index >= 15 is 0 Å². The topological polar surface area (TPSA) is 24.3 Å². The van der Waals surface area contributed by atoms with Crippen LogP contribution in [0.3, 0.4) is 0 Å². The maximum absolute atomic E-state index is 5.52. The summed E-state index contributed by atoms with van der Waals surface area (Å²) in [6.07, 6.45) is 1.97. The first-order valence-electron chi connectivity index (χ1n) is 28.4. The fourth-order valence-electron chi connectivity index (χ4n) is 12.9. The molecule has 0 saturated carbocycles. The van der Waals surface area contributed by atoms with Gasteiger partial charge in [0.25, 0.3) is 0 Å². The van der Waals surface area contributed by atoms with Crippen LogP contribution in [0.25, 0.3) is 116 Å². The fraction of sp³-hybridized carbons (Fsp3) is 0. The summed E-state index contributed by atoms with van der Waals surface area (Å²) in [7, 11) is 0. The normalized spacial score (nSPS) is 11.6. The van der Waals surface area contributed by atoms with Crippen LogP contribution in [-0.2, 0) is 0 Å². The number of fused-ring (bicyclic) bond motifs is 14. The van der Waals surface area contributed by atoms with Crippen LogP contribution in [0.4, 0.5) is 34.1 Å². The molecule has 1 aliphatic rings. The minimum atomic E-state index is 0.935. The molecule has 388 valence electrons. The molecule has 2 heterocycles. The van der Waals surface area contributed by atoms with E-state index in [0.29, 0.717) is 0 Å². The Kier molecular flexibility index (Phi) is 11.5. The lowest BCUT2D eigenvalue weighted by molar-refractivity contribution is 1.17. The van der Waals surface area contributed by atoms with Crippen molar-refractivity contribution >= 4 is 77.5 Å². The smallest absolute Gasteiger partial charge is 0.0794 e. The Balaban J connectivity index is 0.984. The van der Waals surface area contributed by atoms with E-state index in [4.69, 9.17) is 4.98 Å². The summed E-state index contributed by atoms with van der Waals surface area (Å²) in [5.41, 5.74) is 23.0. The van der Waals surface area contributed by atoms with E-state index in [1.165, 1.54) is 49.4 Å². The molecular weight excluding hydrogens is 1000 g/mol. The van der Waals surface area contributed by atoms with Gasteiger partial charge in [0, 0.05) is 67.8 Å². The quantitative estimate of drug-likeness (QED) is 0.144. The van der Waals surface area contributed by atoms with Gasteiger partial charge in [-0.05, 0) is 163 Å². The molecule has 0 saturated heterocycles. The number of rotatable bonds is 9. The van der Waals surface area contributed by atoms with E-state index in [0.717, 1.165) is 101 Å². The molecule has 0 fully saturated rings. The molecule has 0 amide bonds. The highest BCUT2D eigenvalue weighted by Crippen LogP contribution is 2.56. The molecule has 13 aromatic carbocycles. The van der Waals surface area contributed by atoms with Gasteiger partial charge >= 0.3 is 0 Å². The van der Waals surface area contributed by atoms with Crippen molar-refractivity contribution in [2.75, 3.05) is 9.80 Å². The van der Waals surface area contributed by atoms with Gasteiger partial charge in [-0.15, -0.1) is 0 Å². The lowest BCUT2D eigenvalue weighted by Gasteiger charge is -2.32. The number of hydrogen-bond donors (Lipinski definition) is 0. The highest BCUT2D eigenvalue weighted by molar-refractivity contribution is 6.24. The maximum atomic E-state index is 5.52. The zero-order valence-electron chi connectivity index (χ0n) is 45.3. The molecule has 15 aromatic rings. The number of hydrogen-bond acceptors (Lipinski definition) is 3. The summed E-state index contributed by atoms with van der Waals surface area (Å²) in [6, 6.07) is 113. The van der Waals surface area contributed by atoms with Gasteiger partial charge in [-0.2, -0.15) is 0 Å². The Bertz CT molecular complexity index is 4950. The Morgan fingerprint density at radius 1 is 0.277 bits per heavy atom. The number of anilines is 6. The van der Waals surface area contributed by atoms with E-state index in [-0.39, 0.29) is 0 Å². The van der Waals surface area contributed by atoms with Gasteiger partial charge in [0.1, 0.15) is 0 Å². The zero-order chi connectivity index (χ0) is 54.8. The monoisotopic (exact) mass is 1060 g/mol. The average Bonchev–Trinajstić information content (AvgIpc) is 3.93. The predicted octanol–water partition coefficient (Wildman–Crippen LogP) is 21.7. The molecule has 0 radical (unpaired) electrons. The molecule has 0 N–H and O–H groups in total. The second-order valence-electron chi connectivity index (χ2n) is 21.5. The molecule has 0 spiro atoms. The first-order valence-corrected chi connectivity index (χ1v) is 28.4. The van der Waals surface area contributed by atoms with Crippen LogP contribution in [0.1, 0.15) is 0 Å². The Hall–Kier alpha value is -11.1. The van der Waals surface area contributed by atoms with Crippen LogP contribution in [-0.4, -0.2) is 9.55 Å². The van der Waals surface area contributed by atoms with Crippen LogP contribution in [0.15, 0.2) is 316 Å². The summed E-state index contributed by atoms with van der Waals surface area (Å²) >= 11 is 0. The summed E-state index contributed by atoms with van der Waals surface area (Å²) in [5, 5.41) is 7.18. The van der Waals surface area contributed by atoms with E-state index in [1.807, 2.05) is 6.20 Å². The van der Waals surface area contributed by atoms with Crippen LogP contribution >= 0.6 is 0 Å². The minimum Gasteiger partial charge on any atom is -0.310 e. The Morgan fingerprint density at radius 3 is 1.33 bits per heavy atom. The Labute approximate surface area is 482 Å². The van der Waals surface area contributed by atoms with E-state index in [2.05, 4.69) is 324 Å². The molecule has 0 aliphatic heterocycles. The first-order chi connectivity index (χ1) is 41.2. The van der Waals surface area contributed by atoms with E-state index in [1.54, 1.807) is 0 Å². The third kappa shape index (κ3) is 8.18. The van der Waals surface area contributed by atoms with Gasteiger partial charge < -0.3 is 14.4 Å². The van der Waals surface area contributed by atoms with Crippen molar-refractivity contribution < 1.29 is 0 Å². The molecular formula is C79H52N4. The lowest BCUT2D eigenvalue weighted by atomic mass is 9.80. The van der Waals surface area contributed by atoms with Crippen molar-refractivity contribution in [3.8, 4) is 72.6 Å². The summed E-state index contributed by atoms with van der Waals surface area (Å²) < 4.78 is 2.48. The van der Waals surface area contributed by atoms with Crippen LogP contribution in [0.2, 0.25) is 0 Å². The van der Waals surface area contributed by atoms with Crippen molar-refractivity contribution in [3.05, 3.63) is 316 Å². The molecule has 2 aromatic heterocycles. The van der Waals surface area contributed by atoms with E-state index < -0.39 is 0 Å². The Morgan fingerprint density at radius 2 is 0.723 bits per heavy atom. The number of aromatic nitrogens is 2. The first kappa shape index (κ1) is 47.9. The van der Waals surface area contributed by atoms with Gasteiger partial charge in [-0.3, -0.25) is 4.98 Å². The SMILES string of the molecule is c1ccc(N(c2ccc(-c3ccc4ccccc4c3)cc2)c2ccc3c4c5c(c(N(c6ccccc6)c6ccc(-c7ccc8ccccc8c7)cc6)cc4n(-c4ccccc4)c3c2)-c2ccccc2-c2ccccc2-c2cccnc2-5)cc1. The fourth-order valence-corrected chi connectivity index (χ4v) is 12.9. The van der Waals surface area contributed by atoms with Crippen LogP contribution in [0.5, 0.6) is 0 Å². The molecule has 4 nitrogen and oxygen atoms in total. The molecule has 0 bridgehead atoms. The molecule has 0 atom stereocenters. The third-order valence-corrected chi connectivity index (χ3v) is 16.7. The van der Waals surface area contributed by atoms with Gasteiger partial charge in [-0.25, -0.2) is 0 Å². The lowest BCUT2D eigenvalue weighted by Crippen LogP contribution is -2.13. The second kappa shape index (κ2) is 19.9. The van der Waals surface area contributed by atoms with Crippen LogP contribution < -0.4 is 9.80 Å². The van der Waals surface area contributed by atoms with Crippen molar-refractivity contribution in [2.45, 2.75) is 0 Å². The van der Waals surface area contributed by atoms with Gasteiger partial charge in [0.15, 0.2) is 0 Å². The van der Waals surface area contributed by atoms with Gasteiger partial charge in [-0.1, -0.05) is 212 Å². The zero-order valence-corrected chi connectivity index (χ0v) is 45.3. The van der Waals surface area contributed by atoms with Crippen molar-refractivity contribution in [1.82, 2.24) is 9.55 Å². The largest absolute Gasteiger partial charge is 0.310 e. The predicted molar refractivity (Wildman–Crippen MR) is 349 cm³/mol. The number of pyridine rings is 1. The molecule has 4 heteroatoms. The molecule has 1 aliphatic carbocycles. The van der Waals surface area contributed by atoms with Crippen molar-refractivity contribution in [2.24, 2.45) is 0 Å². The highest BCUT2D eigenvalue weighted by Gasteiger charge is 2.32. The molecule has 83 heavy (non-hydrogen) atoms. The summed E-state index contributed by atoms with van der Waals surface area (Å²) in [5.74, 6) is 0. The number of nitrogens with zero attached hydrogens (tertiary/aromatic N) is 4. The molecule has 16 rings (SSSR count). The van der Waals surface area contributed by atoms with Gasteiger partial charge in [0.05, 0.1) is 22.4 Å². The molecule has 0 unspecified atom stereocenters. The standard InChI is InChI=1S/C79H52N4/c1-4-23-61(24-5-1)81(64-42-38-55(39-43-64)59-36-34-53-19-10-12-21-57(53)49-59)66-46-47-72-73(51-66)83(63-27-8-3-9-28-63)75-52-74(76-70-32-17-16-30-68(70)67-29-14-15-31-69(67)71-33-18-48-80-79(71)78(76)77(72)75)82(62-25-6-2-7-26-62)65-44-40-56(41-45-65)60-37-35-54-20-11-13-22-58(54)50-60/h1-52H. The number of benzene rings is 13. The van der Waals surface area contributed by atoms with Crippen LogP contribution in [0, 0.1) is 0 Å². The maximum Gasteiger partial charge on any atom is 0.0794 e. The van der Waals surface area contributed by atoms with E-state index in [9.17, 15) is 0 Å².